The van der Waals surface area contributed by atoms with Gasteiger partial charge in [-0.15, -0.1) is 0 Å². The number of ether oxygens (including phenoxy) is 2. The molecule has 1 unspecified atom stereocenters. The van der Waals surface area contributed by atoms with E-state index in [1.54, 1.807) is 0 Å². The van der Waals surface area contributed by atoms with Gasteiger partial charge in [0, 0.05) is 38.8 Å². The zero-order valence-electron chi connectivity index (χ0n) is 16.1. The molecule has 0 amide bonds. The summed E-state index contributed by atoms with van der Waals surface area (Å²) in [6, 6.07) is 0. The zero-order valence-corrected chi connectivity index (χ0v) is 16.1. The monoisotopic (exact) mass is 354 g/mol. The maximum Gasteiger partial charge on any atom is 0.191 e. The van der Waals surface area contributed by atoms with E-state index >= 15 is 0 Å². The van der Waals surface area contributed by atoms with E-state index in [1.807, 2.05) is 0 Å². The molecule has 0 radical (unpaired) electrons. The van der Waals surface area contributed by atoms with E-state index in [9.17, 15) is 0 Å². The molecule has 2 N–H and O–H groups in total. The molecule has 6 heteroatoms. The van der Waals surface area contributed by atoms with Gasteiger partial charge in [0.05, 0.1) is 13.2 Å². The van der Waals surface area contributed by atoms with Crippen LogP contribution in [-0.2, 0) is 9.47 Å². The van der Waals surface area contributed by atoms with E-state index in [0.29, 0.717) is 5.92 Å². The van der Waals surface area contributed by atoms with Crippen LogP contribution >= 0.6 is 0 Å². The van der Waals surface area contributed by atoms with E-state index < -0.39 is 0 Å². The fourth-order valence-corrected chi connectivity index (χ4v) is 3.34. The Hall–Kier alpha value is -0.850. The second-order valence-corrected chi connectivity index (χ2v) is 7.10. The topological polar surface area (TPSA) is 58.1 Å². The van der Waals surface area contributed by atoms with E-state index in [4.69, 9.17) is 9.47 Å². The maximum atomic E-state index is 5.73. The van der Waals surface area contributed by atoms with E-state index in [1.165, 1.54) is 45.3 Å². The number of nitrogens with one attached hydrogen (secondary N) is 2. The third-order valence-electron chi connectivity index (χ3n) is 4.83. The molecular formula is C19H38N4O2. The summed E-state index contributed by atoms with van der Waals surface area (Å²) in [5.74, 6) is 1.54. The maximum absolute atomic E-state index is 5.73. The summed E-state index contributed by atoms with van der Waals surface area (Å²) in [4.78, 5) is 7.22. The van der Waals surface area contributed by atoms with Crippen LogP contribution in [0.1, 0.15) is 45.4 Å². The normalized spacial score (nSPS) is 21.8. The van der Waals surface area contributed by atoms with Gasteiger partial charge < -0.3 is 25.0 Å². The second kappa shape index (κ2) is 13.4. The zero-order chi connectivity index (χ0) is 17.6. The van der Waals surface area contributed by atoms with Crippen molar-refractivity contribution in [2.75, 3.05) is 65.7 Å². The average molecular weight is 355 g/mol. The van der Waals surface area contributed by atoms with Crippen molar-refractivity contribution < 1.29 is 9.47 Å². The number of nitrogens with zero attached hydrogens (tertiary/aromatic N) is 2. The van der Waals surface area contributed by atoms with Gasteiger partial charge in [-0.3, -0.25) is 4.99 Å². The van der Waals surface area contributed by atoms with E-state index in [2.05, 4.69) is 27.4 Å². The van der Waals surface area contributed by atoms with Crippen molar-refractivity contribution in [1.29, 1.82) is 0 Å². The lowest BCUT2D eigenvalue weighted by Crippen LogP contribution is -2.38. The van der Waals surface area contributed by atoms with Crippen LogP contribution in [0, 0.1) is 5.92 Å². The predicted molar refractivity (Wildman–Crippen MR) is 103 cm³/mol. The highest BCUT2D eigenvalue weighted by atomic mass is 16.5. The quantitative estimate of drug-likeness (QED) is 0.318. The Bertz CT molecular complexity index is 353. The Labute approximate surface area is 153 Å². The number of guanidine groups is 1. The van der Waals surface area contributed by atoms with Gasteiger partial charge in [0.25, 0.3) is 0 Å². The summed E-state index contributed by atoms with van der Waals surface area (Å²) in [6.07, 6.45) is 7.35. The standard InChI is InChI=1S/C19H38N4O2/c1-2-20-19(21-9-3-4-11-23-12-5-6-13-23)22-10-7-14-24-16-18-8-15-25-17-18/h18H,2-17H2,1H3,(H2,20,21,22). The van der Waals surface area contributed by atoms with Crippen LogP contribution in [0.15, 0.2) is 4.99 Å². The summed E-state index contributed by atoms with van der Waals surface area (Å²) in [5, 5.41) is 6.77. The smallest absolute Gasteiger partial charge is 0.191 e. The molecule has 25 heavy (non-hydrogen) atoms. The third kappa shape index (κ3) is 9.42. The Balaban J connectivity index is 1.46. The molecule has 0 bridgehead atoms. The molecule has 2 saturated heterocycles. The van der Waals surface area contributed by atoms with Gasteiger partial charge in [-0.05, 0) is 65.1 Å². The molecule has 0 aromatic carbocycles. The van der Waals surface area contributed by atoms with Crippen LogP contribution in [0.25, 0.3) is 0 Å². The Morgan fingerprint density at radius 3 is 2.84 bits per heavy atom. The number of hydrogen-bond acceptors (Lipinski definition) is 4. The molecule has 146 valence electrons. The number of likely N-dealkylation sites (tertiary alicyclic amines) is 1. The summed E-state index contributed by atoms with van der Waals surface area (Å²) in [7, 11) is 0. The molecule has 0 aromatic rings. The first-order valence-corrected chi connectivity index (χ1v) is 10.3. The fourth-order valence-electron chi connectivity index (χ4n) is 3.34. The minimum atomic E-state index is 0.600. The van der Waals surface area contributed by atoms with Gasteiger partial charge in [0.1, 0.15) is 0 Å². The molecule has 0 aromatic heterocycles. The molecule has 0 saturated carbocycles. The number of aliphatic imine (C=N–C) groups is 1. The summed E-state index contributed by atoms with van der Waals surface area (Å²) in [6.45, 7) is 12.0. The lowest BCUT2D eigenvalue weighted by molar-refractivity contribution is 0.0893. The van der Waals surface area contributed by atoms with Crippen molar-refractivity contribution in [2.24, 2.45) is 10.9 Å². The van der Waals surface area contributed by atoms with Crippen molar-refractivity contribution in [3.63, 3.8) is 0 Å². The highest BCUT2D eigenvalue weighted by Crippen LogP contribution is 2.12. The first kappa shape index (κ1) is 20.5. The first-order valence-electron chi connectivity index (χ1n) is 10.3. The van der Waals surface area contributed by atoms with Gasteiger partial charge in [-0.25, -0.2) is 0 Å². The fraction of sp³-hybridized carbons (Fsp3) is 0.947. The minimum Gasteiger partial charge on any atom is -0.381 e. The molecule has 2 aliphatic heterocycles. The van der Waals surface area contributed by atoms with Crippen molar-refractivity contribution in [3.05, 3.63) is 0 Å². The summed E-state index contributed by atoms with van der Waals surface area (Å²) < 4.78 is 11.1. The van der Waals surface area contributed by atoms with Crippen molar-refractivity contribution in [2.45, 2.75) is 45.4 Å². The lowest BCUT2D eigenvalue weighted by atomic mass is 10.1. The van der Waals surface area contributed by atoms with Gasteiger partial charge in [0.15, 0.2) is 5.96 Å². The second-order valence-electron chi connectivity index (χ2n) is 7.10. The molecule has 0 aliphatic carbocycles. The van der Waals surface area contributed by atoms with Crippen LogP contribution in [0.4, 0.5) is 0 Å². The van der Waals surface area contributed by atoms with Gasteiger partial charge in [0.2, 0.25) is 0 Å². The Kier molecular flexibility index (Phi) is 10.9. The molecule has 0 spiro atoms. The summed E-state index contributed by atoms with van der Waals surface area (Å²) in [5.41, 5.74) is 0. The molecular weight excluding hydrogens is 316 g/mol. The molecule has 2 heterocycles. The summed E-state index contributed by atoms with van der Waals surface area (Å²) >= 11 is 0. The number of unbranched alkanes of at least 4 members (excludes halogenated alkanes) is 1. The van der Waals surface area contributed by atoms with Crippen LogP contribution in [-0.4, -0.2) is 76.6 Å². The molecule has 1 atom stereocenters. The van der Waals surface area contributed by atoms with Crippen molar-refractivity contribution >= 4 is 5.96 Å². The lowest BCUT2D eigenvalue weighted by Gasteiger charge is -2.15. The van der Waals surface area contributed by atoms with Crippen LogP contribution < -0.4 is 10.6 Å². The van der Waals surface area contributed by atoms with Crippen molar-refractivity contribution in [3.8, 4) is 0 Å². The van der Waals surface area contributed by atoms with Crippen LogP contribution in [0.3, 0.4) is 0 Å². The van der Waals surface area contributed by atoms with E-state index in [0.717, 1.165) is 64.9 Å². The Morgan fingerprint density at radius 2 is 2.08 bits per heavy atom. The Morgan fingerprint density at radius 1 is 1.20 bits per heavy atom. The number of rotatable bonds is 12. The van der Waals surface area contributed by atoms with Gasteiger partial charge in [-0.2, -0.15) is 0 Å². The van der Waals surface area contributed by atoms with Crippen LogP contribution in [0.5, 0.6) is 0 Å². The van der Waals surface area contributed by atoms with E-state index in [-0.39, 0.29) is 0 Å². The highest BCUT2D eigenvalue weighted by molar-refractivity contribution is 5.79. The average Bonchev–Trinajstić information content (AvgIpc) is 3.31. The third-order valence-corrected chi connectivity index (χ3v) is 4.83. The van der Waals surface area contributed by atoms with Crippen LogP contribution in [0.2, 0.25) is 0 Å². The van der Waals surface area contributed by atoms with Gasteiger partial charge in [-0.1, -0.05) is 0 Å². The highest BCUT2D eigenvalue weighted by Gasteiger charge is 2.15. The van der Waals surface area contributed by atoms with Crippen molar-refractivity contribution in [1.82, 2.24) is 15.5 Å². The minimum absolute atomic E-state index is 0.600. The first-order chi connectivity index (χ1) is 12.4. The largest absolute Gasteiger partial charge is 0.381 e. The molecule has 6 nitrogen and oxygen atoms in total. The van der Waals surface area contributed by atoms with Gasteiger partial charge >= 0.3 is 0 Å². The molecule has 2 fully saturated rings. The molecule has 2 aliphatic rings. The molecule has 2 rings (SSSR count). The SMILES string of the molecule is CCNC(=NCCCOCC1CCOC1)NCCCCN1CCCC1. The predicted octanol–water partition coefficient (Wildman–Crippen LogP) is 1.86. The number of hydrogen-bond donors (Lipinski definition) is 2.